The van der Waals surface area contributed by atoms with E-state index < -0.39 is 64.8 Å². The van der Waals surface area contributed by atoms with E-state index in [1.807, 2.05) is 18.2 Å². The van der Waals surface area contributed by atoms with Crippen LogP contribution in [0.15, 0.2) is 45.6 Å². The highest BCUT2D eigenvalue weighted by atomic mass is 19.2. The summed E-state index contributed by atoms with van der Waals surface area (Å²) in [6.07, 6.45) is -0.586. The van der Waals surface area contributed by atoms with Crippen LogP contribution in [0, 0.1) is 17.5 Å². The van der Waals surface area contributed by atoms with E-state index in [-0.39, 0.29) is 32.8 Å². The second kappa shape index (κ2) is 10.7. The molecule has 0 saturated carbocycles. The number of amides is 2. The van der Waals surface area contributed by atoms with Crippen molar-refractivity contribution in [1.82, 2.24) is 14.8 Å². The lowest BCUT2D eigenvalue weighted by molar-refractivity contribution is -0.119. The predicted octanol–water partition coefficient (Wildman–Crippen LogP) is 2.65. The average molecular weight is 520 g/mol. The Balaban J connectivity index is 1.50. The summed E-state index contributed by atoms with van der Waals surface area (Å²) in [4.78, 5) is 38.3. The minimum atomic E-state index is -1.56. The van der Waals surface area contributed by atoms with Crippen molar-refractivity contribution < 1.29 is 37.0 Å². The number of carbonyl (C=O) groups is 2. The van der Waals surface area contributed by atoms with Crippen molar-refractivity contribution >= 4 is 17.7 Å². The number of aromatic hydroxyl groups is 1. The van der Waals surface area contributed by atoms with E-state index >= 15 is 13.2 Å². The number of rotatable bonds is 6. The summed E-state index contributed by atoms with van der Waals surface area (Å²) in [5.41, 5.74) is -1.09. The topological polar surface area (TPSA) is 117 Å². The number of benzene rings is 2. The quantitative estimate of drug-likeness (QED) is 0.480. The standard InChI is InChI=1S/C24H23F3N4O6/c1-14(32)28-12-18-22(33)37-24(35)31(18)17-11-16(25)21(20(27)19(17)26)29-7-9-30(10-8-29)23(34)36-13-15-5-3-2-4-6-15/h2-6,11,33H,7-10,12-13H2,1H3,(H,28,32). The van der Waals surface area contributed by atoms with Crippen molar-refractivity contribution in [1.29, 1.82) is 0 Å². The summed E-state index contributed by atoms with van der Waals surface area (Å²) in [5.74, 6) is -7.06. The number of ether oxygens (including phenoxy) is 1. The fourth-order valence-corrected chi connectivity index (χ4v) is 3.95. The van der Waals surface area contributed by atoms with Crippen molar-refractivity contribution in [3.63, 3.8) is 0 Å². The molecule has 37 heavy (non-hydrogen) atoms. The number of carbonyl (C=O) groups excluding carboxylic acids is 2. The summed E-state index contributed by atoms with van der Waals surface area (Å²) in [5, 5.41) is 12.1. The number of oxazole rings is 1. The van der Waals surface area contributed by atoms with Gasteiger partial charge in [0.1, 0.15) is 18.0 Å². The molecular formula is C24H23F3N4O6. The maximum Gasteiger partial charge on any atom is 0.427 e. The molecule has 1 aliphatic rings. The first-order valence-corrected chi connectivity index (χ1v) is 11.2. The van der Waals surface area contributed by atoms with Gasteiger partial charge < -0.3 is 29.4 Å². The lowest BCUT2D eigenvalue weighted by Gasteiger charge is -2.35. The summed E-state index contributed by atoms with van der Waals surface area (Å²) < 4.78 is 55.5. The van der Waals surface area contributed by atoms with Gasteiger partial charge in [0.25, 0.3) is 0 Å². The van der Waals surface area contributed by atoms with Crippen LogP contribution in [0.1, 0.15) is 18.2 Å². The number of aromatic nitrogens is 1. The van der Waals surface area contributed by atoms with Gasteiger partial charge in [0.05, 0.1) is 12.2 Å². The molecule has 196 valence electrons. The molecule has 10 nitrogen and oxygen atoms in total. The molecule has 0 unspecified atom stereocenters. The Morgan fingerprint density at radius 1 is 1.08 bits per heavy atom. The highest BCUT2D eigenvalue weighted by Crippen LogP contribution is 2.32. The summed E-state index contributed by atoms with van der Waals surface area (Å²) in [6.45, 7) is 0.914. The molecule has 1 aromatic heterocycles. The molecule has 0 spiro atoms. The SMILES string of the molecule is CC(=O)NCc1c(O)oc(=O)n1-c1cc(F)c(N2CCN(C(=O)OCc3ccccc3)CC2)c(F)c1F. The van der Waals surface area contributed by atoms with E-state index in [1.54, 1.807) is 12.1 Å². The van der Waals surface area contributed by atoms with Crippen LogP contribution in [0.2, 0.25) is 0 Å². The first-order chi connectivity index (χ1) is 17.7. The highest BCUT2D eigenvalue weighted by Gasteiger charge is 2.30. The van der Waals surface area contributed by atoms with Crippen molar-refractivity contribution in [2.75, 3.05) is 31.1 Å². The molecule has 0 bridgehead atoms. The molecule has 13 heteroatoms. The minimum Gasteiger partial charge on any atom is -0.479 e. The number of anilines is 1. The van der Waals surface area contributed by atoms with Gasteiger partial charge >= 0.3 is 17.8 Å². The van der Waals surface area contributed by atoms with E-state index in [0.29, 0.717) is 10.6 Å². The Morgan fingerprint density at radius 2 is 1.76 bits per heavy atom. The van der Waals surface area contributed by atoms with Crippen LogP contribution in [-0.4, -0.2) is 52.8 Å². The number of halogens is 3. The van der Waals surface area contributed by atoms with E-state index in [1.165, 1.54) is 9.80 Å². The molecule has 1 aliphatic heterocycles. The van der Waals surface area contributed by atoms with Gasteiger partial charge in [-0.05, 0) is 5.56 Å². The van der Waals surface area contributed by atoms with Crippen LogP contribution < -0.4 is 16.0 Å². The predicted molar refractivity (Wildman–Crippen MR) is 124 cm³/mol. The van der Waals surface area contributed by atoms with Gasteiger partial charge in [0, 0.05) is 39.2 Å². The number of nitrogens with one attached hydrogen (secondary N) is 1. The molecule has 1 fully saturated rings. The summed E-state index contributed by atoms with van der Waals surface area (Å²) in [7, 11) is 0. The van der Waals surface area contributed by atoms with Gasteiger partial charge in [-0.1, -0.05) is 30.3 Å². The molecule has 1 saturated heterocycles. The van der Waals surface area contributed by atoms with Gasteiger partial charge in [-0.25, -0.2) is 27.3 Å². The molecule has 2 N–H and O–H groups in total. The molecule has 0 atom stereocenters. The fraction of sp³-hybridized carbons (Fsp3) is 0.292. The highest BCUT2D eigenvalue weighted by molar-refractivity contribution is 5.72. The van der Waals surface area contributed by atoms with E-state index in [9.17, 15) is 19.5 Å². The maximum atomic E-state index is 15.1. The molecule has 4 rings (SSSR count). The van der Waals surface area contributed by atoms with Gasteiger partial charge in [-0.15, -0.1) is 0 Å². The largest absolute Gasteiger partial charge is 0.479 e. The zero-order chi connectivity index (χ0) is 26.7. The zero-order valence-corrected chi connectivity index (χ0v) is 19.7. The van der Waals surface area contributed by atoms with Crippen molar-refractivity contribution in [3.8, 4) is 11.6 Å². The van der Waals surface area contributed by atoms with Crippen LogP contribution in [0.5, 0.6) is 5.95 Å². The lowest BCUT2D eigenvalue weighted by Crippen LogP contribution is -2.49. The summed E-state index contributed by atoms with van der Waals surface area (Å²) >= 11 is 0. The first-order valence-electron chi connectivity index (χ1n) is 11.2. The minimum absolute atomic E-state index is 0.00665. The Morgan fingerprint density at radius 3 is 2.41 bits per heavy atom. The smallest absolute Gasteiger partial charge is 0.427 e. The van der Waals surface area contributed by atoms with E-state index in [0.717, 1.165) is 12.5 Å². The molecule has 0 radical (unpaired) electrons. The normalized spacial score (nSPS) is 13.5. The molecule has 3 aromatic rings. The third kappa shape index (κ3) is 5.39. The second-order valence-corrected chi connectivity index (χ2v) is 8.23. The Hall–Kier alpha value is -4.42. The fourth-order valence-electron chi connectivity index (χ4n) is 3.95. The molecule has 2 amide bonds. The first kappa shape index (κ1) is 25.7. The maximum absolute atomic E-state index is 15.1. The van der Waals surface area contributed by atoms with Gasteiger partial charge in [0.2, 0.25) is 5.91 Å². The van der Waals surface area contributed by atoms with Crippen molar-refractivity contribution in [2.45, 2.75) is 20.1 Å². The van der Waals surface area contributed by atoms with Crippen LogP contribution >= 0.6 is 0 Å². The number of hydrogen-bond acceptors (Lipinski definition) is 7. The second-order valence-electron chi connectivity index (χ2n) is 8.23. The third-order valence-corrected chi connectivity index (χ3v) is 5.80. The number of piperazine rings is 1. The third-order valence-electron chi connectivity index (χ3n) is 5.80. The summed E-state index contributed by atoms with van der Waals surface area (Å²) in [6, 6.07) is 9.66. The van der Waals surface area contributed by atoms with E-state index in [4.69, 9.17) is 4.74 Å². The molecular weight excluding hydrogens is 497 g/mol. The Kier molecular flexibility index (Phi) is 7.41. The van der Waals surface area contributed by atoms with Gasteiger partial charge in [0.15, 0.2) is 17.5 Å². The van der Waals surface area contributed by atoms with Crippen LogP contribution in [0.3, 0.4) is 0 Å². The van der Waals surface area contributed by atoms with Crippen LogP contribution in [-0.2, 0) is 22.7 Å². The van der Waals surface area contributed by atoms with Crippen molar-refractivity contribution in [3.05, 3.63) is 75.7 Å². The van der Waals surface area contributed by atoms with Gasteiger partial charge in [-0.2, -0.15) is 0 Å². The monoisotopic (exact) mass is 520 g/mol. The van der Waals surface area contributed by atoms with E-state index in [2.05, 4.69) is 9.73 Å². The average Bonchev–Trinajstić information content (AvgIpc) is 3.16. The van der Waals surface area contributed by atoms with Crippen LogP contribution in [0.4, 0.5) is 23.7 Å². The molecule has 2 aromatic carbocycles. The lowest BCUT2D eigenvalue weighted by atomic mass is 10.2. The Labute approximate surface area is 208 Å². The van der Waals surface area contributed by atoms with Crippen molar-refractivity contribution in [2.24, 2.45) is 0 Å². The zero-order valence-electron chi connectivity index (χ0n) is 19.7. The molecule has 0 aliphatic carbocycles. The Bertz CT molecular complexity index is 1370. The van der Waals surface area contributed by atoms with Crippen LogP contribution in [0.25, 0.3) is 5.69 Å². The molecule has 2 heterocycles. The van der Waals surface area contributed by atoms with Gasteiger partial charge in [-0.3, -0.25) is 4.79 Å². The number of nitrogens with zero attached hydrogens (tertiary/aromatic N) is 3. The number of hydrogen-bond donors (Lipinski definition) is 2.